The lowest BCUT2D eigenvalue weighted by Crippen LogP contribution is -2.46. The van der Waals surface area contributed by atoms with Crippen molar-refractivity contribution in [2.24, 2.45) is 0 Å². The Balaban J connectivity index is 1.74. The molecule has 1 aliphatic heterocycles. The van der Waals surface area contributed by atoms with Gasteiger partial charge in [0, 0.05) is 19.3 Å². The Morgan fingerprint density at radius 3 is 2.67 bits per heavy atom. The van der Waals surface area contributed by atoms with E-state index < -0.39 is 0 Å². The summed E-state index contributed by atoms with van der Waals surface area (Å²) < 4.78 is 8.44. The highest BCUT2D eigenvalue weighted by Gasteiger charge is 2.27. The summed E-state index contributed by atoms with van der Waals surface area (Å²) in [5, 5.41) is 10.6. The first-order valence-electron chi connectivity index (χ1n) is 10.8. The molecule has 1 aromatic carbocycles. The average Bonchev–Trinajstić information content (AvgIpc) is 3.22. The summed E-state index contributed by atoms with van der Waals surface area (Å²) in [4.78, 5) is 25.3. The zero-order valence-electron chi connectivity index (χ0n) is 18.6. The van der Waals surface area contributed by atoms with Crippen LogP contribution in [-0.4, -0.2) is 39.7 Å². The molecule has 1 fully saturated rings. The van der Waals surface area contributed by atoms with Gasteiger partial charge < -0.3 is 9.64 Å². The monoisotopic (exact) mass is 457 g/mol. The maximum absolute atomic E-state index is 13.7. The predicted octanol–water partition coefficient (Wildman–Crippen LogP) is 4.29. The molecule has 33 heavy (non-hydrogen) atoms. The number of fused-ring (bicyclic) bond motifs is 2. The van der Waals surface area contributed by atoms with Crippen molar-refractivity contribution in [2.75, 3.05) is 18.0 Å². The van der Waals surface area contributed by atoms with E-state index in [1.54, 1.807) is 16.7 Å². The van der Waals surface area contributed by atoms with Crippen LogP contribution in [-0.2, 0) is 4.74 Å². The van der Waals surface area contributed by atoms with Crippen LogP contribution in [0, 0.1) is 18.3 Å². The van der Waals surface area contributed by atoms with Gasteiger partial charge in [-0.05, 0) is 50.6 Å². The second-order valence-electron chi connectivity index (χ2n) is 8.36. The summed E-state index contributed by atoms with van der Waals surface area (Å²) in [6.07, 6.45) is 3.36. The van der Waals surface area contributed by atoms with Crippen LogP contribution in [0.25, 0.3) is 27.5 Å². The van der Waals surface area contributed by atoms with E-state index in [0.717, 1.165) is 15.8 Å². The number of aryl methyl sites for hydroxylation is 1. The van der Waals surface area contributed by atoms with Gasteiger partial charge in [0.15, 0.2) is 0 Å². The fourth-order valence-corrected chi connectivity index (χ4v) is 5.22. The number of hydrogen-bond acceptors (Lipinski definition) is 7. The van der Waals surface area contributed by atoms with Gasteiger partial charge in [0.05, 0.1) is 33.6 Å². The summed E-state index contributed by atoms with van der Waals surface area (Å²) in [6.45, 7) is 7.19. The number of aromatic nitrogens is 3. The molecule has 0 spiro atoms. The minimum atomic E-state index is -0.209. The lowest BCUT2D eigenvalue weighted by Gasteiger charge is -2.36. The third-order valence-corrected chi connectivity index (χ3v) is 6.79. The molecule has 0 aliphatic carbocycles. The summed E-state index contributed by atoms with van der Waals surface area (Å²) in [5.74, 6) is 0.574. The molecule has 166 valence electrons. The molecule has 4 heterocycles. The van der Waals surface area contributed by atoms with E-state index in [0.29, 0.717) is 40.7 Å². The minimum absolute atomic E-state index is 0.00222. The van der Waals surface area contributed by atoms with Gasteiger partial charge in [-0.1, -0.05) is 18.2 Å². The van der Waals surface area contributed by atoms with E-state index in [4.69, 9.17) is 9.72 Å². The van der Waals surface area contributed by atoms with E-state index in [1.165, 1.54) is 11.3 Å². The summed E-state index contributed by atoms with van der Waals surface area (Å²) in [6, 6.07) is 13.8. The van der Waals surface area contributed by atoms with Gasteiger partial charge in [-0.2, -0.15) is 5.26 Å². The van der Waals surface area contributed by atoms with Gasteiger partial charge in [-0.15, -0.1) is 11.3 Å². The topological polar surface area (TPSA) is 83.5 Å². The fraction of sp³-hybridized carbons (Fsp3) is 0.280. The highest BCUT2D eigenvalue weighted by molar-refractivity contribution is 7.19. The van der Waals surface area contributed by atoms with Gasteiger partial charge in [-0.3, -0.25) is 9.20 Å². The minimum Gasteiger partial charge on any atom is -0.372 e. The number of benzene rings is 1. The SMILES string of the molecule is Cc1cccn2c(=O)c(/C=C(\C#N)c3nc4ccccc4s3)c(N3CC(C)OC(C)C3)nc12. The van der Waals surface area contributed by atoms with Gasteiger partial charge in [-0.25, -0.2) is 9.97 Å². The molecular formula is C25H23N5O2S. The van der Waals surface area contributed by atoms with Crippen molar-refractivity contribution in [3.63, 3.8) is 0 Å². The van der Waals surface area contributed by atoms with Gasteiger partial charge in [0.1, 0.15) is 22.5 Å². The quantitative estimate of drug-likeness (QED) is 0.427. The molecular weight excluding hydrogens is 434 g/mol. The maximum Gasteiger partial charge on any atom is 0.267 e. The van der Waals surface area contributed by atoms with Crippen molar-refractivity contribution in [3.8, 4) is 6.07 Å². The molecule has 4 aromatic rings. The third-order valence-electron chi connectivity index (χ3n) is 5.72. The Morgan fingerprint density at radius 2 is 1.94 bits per heavy atom. The van der Waals surface area contributed by atoms with Gasteiger partial charge >= 0.3 is 0 Å². The number of rotatable bonds is 3. The second-order valence-corrected chi connectivity index (χ2v) is 9.39. The number of nitriles is 1. The number of anilines is 1. The number of para-hydroxylation sites is 1. The molecule has 2 unspecified atom stereocenters. The highest BCUT2D eigenvalue weighted by Crippen LogP contribution is 2.30. The molecule has 0 amide bonds. The third kappa shape index (κ3) is 3.90. The molecule has 0 saturated carbocycles. The first kappa shape index (κ1) is 21.3. The van der Waals surface area contributed by atoms with Crippen LogP contribution in [0.4, 0.5) is 5.82 Å². The number of hydrogen-bond donors (Lipinski definition) is 0. The molecule has 2 atom stereocenters. The van der Waals surface area contributed by atoms with Crippen LogP contribution in [0.2, 0.25) is 0 Å². The Morgan fingerprint density at radius 1 is 1.18 bits per heavy atom. The zero-order valence-corrected chi connectivity index (χ0v) is 19.5. The first-order valence-corrected chi connectivity index (χ1v) is 11.7. The predicted molar refractivity (Wildman–Crippen MR) is 132 cm³/mol. The van der Waals surface area contributed by atoms with Gasteiger partial charge in [0.2, 0.25) is 0 Å². The first-order chi connectivity index (χ1) is 15.9. The molecule has 5 rings (SSSR count). The van der Waals surface area contributed by atoms with Crippen LogP contribution in [0.3, 0.4) is 0 Å². The fourth-order valence-electron chi connectivity index (χ4n) is 4.29. The van der Waals surface area contributed by atoms with Crippen LogP contribution >= 0.6 is 11.3 Å². The largest absolute Gasteiger partial charge is 0.372 e. The number of allylic oxidation sites excluding steroid dienone is 1. The molecule has 7 nitrogen and oxygen atoms in total. The number of morpholine rings is 1. The smallest absolute Gasteiger partial charge is 0.267 e. The van der Waals surface area contributed by atoms with Crippen LogP contribution in [0.1, 0.15) is 30.0 Å². The average molecular weight is 458 g/mol. The van der Waals surface area contributed by atoms with E-state index in [9.17, 15) is 10.1 Å². The van der Waals surface area contributed by atoms with Crippen LogP contribution in [0.5, 0.6) is 0 Å². The summed E-state index contributed by atoms with van der Waals surface area (Å²) in [5.41, 5.74) is 2.87. The molecule has 0 radical (unpaired) electrons. The Kier molecular flexibility index (Phi) is 5.44. The Labute approximate surface area is 195 Å². The van der Waals surface area contributed by atoms with E-state index in [2.05, 4.69) is 16.0 Å². The van der Waals surface area contributed by atoms with Crippen molar-refractivity contribution < 1.29 is 4.74 Å². The number of ether oxygens (including phenoxy) is 1. The maximum atomic E-state index is 13.7. The lowest BCUT2D eigenvalue weighted by atomic mass is 10.1. The van der Waals surface area contributed by atoms with Crippen molar-refractivity contribution >= 4 is 44.7 Å². The molecule has 1 saturated heterocycles. The van der Waals surface area contributed by atoms with Gasteiger partial charge in [0.25, 0.3) is 5.56 Å². The Hall–Kier alpha value is -3.54. The van der Waals surface area contributed by atoms with Crippen molar-refractivity contribution in [2.45, 2.75) is 33.0 Å². The Bertz CT molecular complexity index is 1450. The standard InChI is InChI=1S/C25H23N5O2S/c1-15-7-6-10-30-22(15)28-23(29-13-16(2)32-17(3)14-29)19(25(30)31)11-18(12-26)24-27-20-8-4-5-9-21(20)33-24/h4-11,16-17H,13-14H2,1-3H3/b18-11+. The van der Waals surface area contributed by atoms with E-state index in [-0.39, 0.29) is 17.8 Å². The summed E-state index contributed by atoms with van der Waals surface area (Å²) in [7, 11) is 0. The number of nitrogens with zero attached hydrogens (tertiary/aromatic N) is 5. The molecule has 0 N–H and O–H groups in total. The van der Waals surface area contributed by atoms with Crippen LogP contribution in [0.15, 0.2) is 47.4 Å². The van der Waals surface area contributed by atoms with Crippen molar-refractivity contribution in [3.05, 3.63) is 69.1 Å². The number of thiazole rings is 1. The summed E-state index contributed by atoms with van der Waals surface area (Å²) >= 11 is 1.44. The van der Waals surface area contributed by atoms with Crippen LogP contribution < -0.4 is 10.5 Å². The molecule has 3 aromatic heterocycles. The van der Waals surface area contributed by atoms with Crippen molar-refractivity contribution in [1.82, 2.24) is 14.4 Å². The zero-order chi connectivity index (χ0) is 23.1. The van der Waals surface area contributed by atoms with E-state index >= 15 is 0 Å². The normalized spacial score (nSPS) is 19.2. The molecule has 0 bridgehead atoms. The molecule has 1 aliphatic rings. The second kappa shape index (κ2) is 8.43. The number of pyridine rings is 1. The lowest BCUT2D eigenvalue weighted by molar-refractivity contribution is -0.00546. The van der Waals surface area contributed by atoms with Crippen molar-refractivity contribution in [1.29, 1.82) is 5.26 Å². The highest BCUT2D eigenvalue weighted by atomic mass is 32.1. The van der Waals surface area contributed by atoms with E-state index in [1.807, 2.05) is 57.2 Å². The molecule has 8 heteroatoms.